The molecule has 1 N–H and O–H groups in total. The van der Waals surface area contributed by atoms with Gasteiger partial charge in [0.1, 0.15) is 11.7 Å². The summed E-state index contributed by atoms with van der Waals surface area (Å²) in [4.78, 5) is 15.6. The molecule has 0 radical (unpaired) electrons. The first kappa shape index (κ1) is 12.7. The highest BCUT2D eigenvalue weighted by Crippen LogP contribution is 2.32. The Bertz CT molecular complexity index is 620. The minimum absolute atomic E-state index is 0.0717. The Morgan fingerprint density at radius 1 is 1.42 bits per heavy atom. The van der Waals surface area contributed by atoms with Crippen LogP contribution in [0, 0.1) is 0 Å². The minimum atomic E-state index is -2.94. The maximum atomic E-state index is 11.5. The van der Waals surface area contributed by atoms with Gasteiger partial charge in [0.05, 0.1) is 17.2 Å². The third-order valence-electron chi connectivity index (χ3n) is 3.98. The monoisotopic (exact) mass is 284 g/mol. The number of nitrogens with zero attached hydrogens (tertiary/aromatic N) is 2. The summed E-state index contributed by atoms with van der Waals surface area (Å²) in [5, 5.41) is 9.19. The molecule has 6 nitrogen and oxygen atoms in total. The van der Waals surface area contributed by atoms with Crippen molar-refractivity contribution in [1.82, 2.24) is 9.55 Å². The van der Waals surface area contributed by atoms with E-state index in [0.717, 1.165) is 18.7 Å². The summed E-state index contributed by atoms with van der Waals surface area (Å²) < 4.78 is 24.9. The molecule has 1 aromatic heterocycles. The number of hydrogen-bond donors (Lipinski definition) is 1. The summed E-state index contributed by atoms with van der Waals surface area (Å²) >= 11 is 0. The zero-order valence-corrected chi connectivity index (χ0v) is 11.3. The molecule has 2 unspecified atom stereocenters. The van der Waals surface area contributed by atoms with Crippen molar-refractivity contribution in [3.63, 3.8) is 0 Å². The summed E-state index contributed by atoms with van der Waals surface area (Å²) in [5.41, 5.74) is 0.740. The maximum absolute atomic E-state index is 11.5. The predicted molar refractivity (Wildman–Crippen MR) is 67.8 cm³/mol. The summed E-state index contributed by atoms with van der Waals surface area (Å²) in [7, 11) is -2.94. The van der Waals surface area contributed by atoms with Crippen LogP contribution in [0.4, 0.5) is 0 Å². The number of aliphatic carboxylic acids is 1. The van der Waals surface area contributed by atoms with Crippen molar-refractivity contribution in [2.24, 2.45) is 0 Å². The van der Waals surface area contributed by atoms with Gasteiger partial charge in [-0.05, 0) is 19.3 Å². The topological polar surface area (TPSA) is 89.3 Å². The Hall–Kier alpha value is -1.37. The molecule has 0 aromatic carbocycles. The minimum Gasteiger partial charge on any atom is -0.481 e. The number of rotatable bonds is 2. The molecule has 19 heavy (non-hydrogen) atoms. The fourth-order valence-corrected chi connectivity index (χ4v) is 4.72. The molecule has 2 aliphatic rings. The van der Waals surface area contributed by atoms with Crippen molar-refractivity contribution in [3.8, 4) is 0 Å². The number of carboxylic acid groups (broad SMARTS) is 1. The van der Waals surface area contributed by atoms with E-state index in [0.29, 0.717) is 18.7 Å². The third kappa shape index (κ3) is 2.27. The van der Waals surface area contributed by atoms with Crippen molar-refractivity contribution >= 4 is 15.8 Å². The van der Waals surface area contributed by atoms with Crippen molar-refractivity contribution in [1.29, 1.82) is 0 Å². The second kappa shape index (κ2) is 4.33. The summed E-state index contributed by atoms with van der Waals surface area (Å²) in [6, 6.07) is 0. The van der Waals surface area contributed by atoms with Gasteiger partial charge < -0.3 is 9.67 Å². The number of carbonyl (C=O) groups is 1. The fourth-order valence-electron chi connectivity index (χ4n) is 2.96. The Labute approximate surface area is 111 Å². The van der Waals surface area contributed by atoms with E-state index >= 15 is 0 Å². The van der Waals surface area contributed by atoms with Crippen LogP contribution in [0.25, 0.3) is 0 Å². The average Bonchev–Trinajstić information content (AvgIpc) is 2.90. The van der Waals surface area contributed by atoms with Crippen molar-refractivity contribution in [2.45, 2.75) is 37.6 Å². The molecular weight excluding hydrogens is 268 g/mol. The third-order valence-corrected chi connectivity index (χ3v) is 5.75. The van der Waals surface area contributed by atoms with Crippen LogP contribution in [0.2, 0.25) is 0 Å². The second-order valence-corrected chi connectivity index (χ2v) is 7.58. The second-order valence-electron chi connectivity index (χ2n) is 5.35. The lowest BCUT2D eigenvalue weighted by Crippen LogP contribution is -2.22. The summed E-state index contributed by atoms with van der Waals surface area (Å²) in [6.07, 6.45) is 3.87. The van der Waals surface area contributed by atoms with Gasteiger partial charge in [0.15, 0.2) is 9.84 Å². The van der Waals surface area contributed by atoms with Crippen LogP contribution < -0.4 is 0 Å². The molecule has 1 fully saturated rings. The average molecular weight is 284 g/mol. The first-order valence-electron chi connectivity index (χ1n) is 6.46. The maximum Gasteiger partial charge on any atom is 0.314 e. The van der Waals surface area contributed by atoms with E-state index in [1.54, 1.807) is 0 Å². The number of hydrogen-bond acceptors (Lipinski definition) is 4. The fraction of sp³-hybridized carbons (Fsp3) is 0.667. The summed E-state index contributed by atoms with van der Waals surface area (Å²) in [5.74, 6) is -0.545. The van der Waals surface area contributed by atoms with Gasteiger partial charge in [-0.25, -0.2) is 13.4 Å². The molecule has 3 heterocycles. The van der Waals surface area contributed by atoms with E-state index in [-0.39, 0.29) is 17.4 Å². The number of carboxylic acids is 1. The number of imidazole rings is 1. The molecule has 104 valence electrons. The van der Waals surface area contributed by atoms with Crippen molar-refractivity contribution < 1.29 is 18.3 Å². The van der Waals surface area contributed by atoms with Crippen LogP contribution in [-0.4, -0.2) is 40.6 Å². The lowest BCUT2D eigenvalue weighted by atomic mass is 9.99. The van der Waals surface area contributed by atoms with E-state index in [9.17, 15) is 18.3 Å². The molecule has 0 amide bonds. The molecule has 1 aromatic rings. The van der Waals surface area contributed by atoms with Gasteiger partial charge in [-0.1, -0.05) is 0 Å². The van der Waals surface area contributed by atoms with E-state index < -0.39 is 21.7 Å². The van der Waals surface area contributed by atoms with Crippen LogP contribution in [0.5, 0.6) is 0 Å². The Kier molecular flexibility index (Phi) is 2.88. The van der Waals surface area contributed by atoms with Gasteiger partial charge in [-0.3, -0.25) is 4.79 Å². The highest BCUT2D eigenvalue weighted by Gasteiger charge is 2.34. The Morgan fingerprint density at radius 2 is 2.21 bits per heavy atom. The van der Waals surface area contributed by atoms with Crippen LogP contribution in [0.15, 0.2) is 6.20 Å². The molecule has 1 saturated heterocycles. The first-order valence-corrected chi connectivity index (χ1v) is 8.28. The van der Waals surface area contributed by atoms with Crippen molar-refractivity contribution in [2.75, 3.05) is 11.5 Å². The van der Waals surface area contributed by atoms with Crippen LogP contribution in [0.3, 0.4) is 0 Å². The SMILES string of the molecule is O=C(O)C1CCCn2cc(C3CCS(=O)(=O)C3)nc21. The first-order chi connectivity index (χ1) is 8.96. The van der Waals surface area contributed by atoms with Crippen LogP contribution >= 0.6 is 0 Å². The van der Waals surface area contributed by atoms with Gasteiger partial charge >= 0.3 is 5.97 Å². The largest absolute Gasteiger partial charge is 0.481 e. The molecule has 2 atom stereocenters. The molecule has 0 spiro atoms. The number of fused-ring (bicyclic) bond motifs is 1. The highest BCUT2D eigenvalue weighted by atomic mass is 32.2. The van der Waals surface area contributed by atoms with E-state index in [1.165, 1.54) is 0 Å². The lowest BCUT2D eigenvalue weighted by molar-refractivity contribution is -0.139. The standard InChI is InChI=1S/C12H16N2O4S/c15-12(16)9-2-1-4-14-6-10(13-11(9)14)8-3-5-19(17,18)7-8/h6,8-9H,1-5,7H2,(H,15,16). The zero-order chi connectivity index (χ0) is 13.6. The van der Waals surface area contributed by atoms with E-state index in [4.69, 9.17) is 0 Å². The van der Waals surface area contributed by atoms with E-state index in [1.807, 2.05) is 10.8 Å². The summed E-state index contributed by atoms with van der Waals surface area (Å²) in [6.45, 7) is 0.769. The van der Waals surface area contributed by atoms with Gasteiger partial charge in [-0.2, -0.15) is 0 Å². The Morgan fingerprint density at radius 3 is 2.84 bits per heavy atom. The predicted octanol–water partition coefficient (Wildman–Crippen LogP) is 0.747. The smallest absolute Gasteiger partial charge is 0.314 e. The van der Waals surface area contributed by atoms with Crippen molar-refractivity contribution in [3.05, 3.63) is 17.7 Å². The molecule has 3 rings (SSSR count). The molecule has 0 bridgehead atoms. The number of sulfone groups is 1. The van der Waals surface area contributed by atoms with E-state index in [2.05, 4.69) is 4.98 Å². The molecule has 0 saturated carbocycles. The van der Waals surface area contributed by atoms with Crippen LogP contribution in [-0.2, 0) is 21.2 Å². The quantitative estimate of drug-likeness (QED) is 0.865. The van der Waals surface area contributed by atoms with Gasteiger partial charge in [0.25, 0.3) is 0 Å². The zero-order valence-electron chi connectivity index (χ0n) is 10.4. The van der Waals surface area contributed by atoms with Gasteiger partial charge in [0, 0.05) is 18.7 Å². The normalized spacial score (nSPS) is 29.1. The molecule has 2 aliphatic heterocycles. The lowest BCUT2D eigenvalue weighted by Gasteiger charge is -2.19. The highest BCUT2D eigenvalue weighted by molar-refractivity contribution is 7.91. The molecule has 0 aliphatic carbocycles. The Balaban J connectivity index is 1.92. The van der Waals surface area contributed by atoms with Crippen LogP contribution in [0.1, 0.15) is 42.6 Å². The van der Waals surface area contributed by atoms with Gasteiger partial charge in [-0.15, -0.1) is 0 Å². The number of aryl methyl sites for hydroxylation is 1. The number of aromatic nitrogens is 2. The molecule has 7 heteroatoms. The van der Waals surface area contributed by atoms with Gasteiger partial charge in [0.2, 0.25) is 0 Å². The molecular formula is C12H16N2O4S.